The average Bonchev–Trinajstić information content (AvgIpc) is 2.66. The molecule has 0 unspecified atom stereocenters. The van der Waals surface area contributed by atoms with E-state index in [0.29, 0.717) is 5.56 Å². The lowest BCUT2D eigenvalue weighted by atomic mass is 10.0. The fourth-order valence-corrected chi connectivity index (χ4v) is 2.35. The van der Waals surface area contributed by atoms with E-state index in [-0.39, 0.29) is 12.5 Å². The van der Waals surface area contributed by atoms with Gasteiger partial charge in [0.15, 0.2) is 0 Å². The minimum absolute atomic E-state index is 0.160. The summed E-state index contributed by atoms with van der Waals surface area (Å²) >= 11 is 0. The second-order valence-electron chi connectivity index (χ2n) is 5.29. The molecular formula is C19H16N4O2. The van der Waals surface area contributed by atoms with Crippen LogP contribution in [0.5, 0.6) is 0 Å². The first-order valence-electron chi connectivity index (χ1n) is 7.72. The minimum Gasteiger partial charge on any atom is -0.343 e. The largest absolute Gasteiger partial charge is 0.343 e. The molecule has 3 rings (SSSR count). The average molecular weight is 332 g/mol. The van der Waals surface area contributed by atoms with E-state index in [9.17, 15) is 9.59 Å². The first-order valence-corrected chi connectivity index (χ1v) is 7.72. The van der Waals surface area contributed by atoms with Gasteiger partial charge in [0, 0.05) is 23.5 Å². The van der Waals surface area contributed by atoms with E-state index in [0.717, 1.165) is 16.3 Å². The Morgan fingerprint density at radius 3 is 2.72 bits per heavy atom. The summed E-state index contributed by atoms with van der Waals surface area (Å²) in [6.45, 7) is -0.160. The van der Waals surface area contributed by atoms with Crippen LogP contribution in [-0.2, 0) is 4.79 Å². The Balaban J connectivity index is 1.56. The van der Waals surface area contributed by atoms with Crippen molar-refractivity contribution in [2.24, 2.45) is 5.10 Å². The number of rotatable bonds is 5. The molecule has 0 spiro atoms. The highest BCUT2D eigenvalue weighted by Crippen LogP contribution is 2.18. The van der Waals surface area contributed by atoms with Crippen molar-refractivity contribution >= 4 is 28.8 Å². The van der Waals surface area contributed by atoms with Crippen LogP contribution in [0.2, 0.25) is 0 Å². The smallest absolute Gasteiger partial charge is 0.259 e. The Bertz CT molecular complexity index is 918. The molecule has 0 atom stereocenters. The first kappa shape index (κ1) is 16.3. The van der Waals surface area contributed by atoms with E-state index >= 15 is 0 Å². The zero-order chi connectivity index (χ0) is 17.5. The van der Waals surface area contributed by atoms with Gasteiger partial charge in [-0.3, -0.25) is 14.6 Å². The van der Waals surface area contributed by atoms with Crippen molar-refractivity contribution in [1.29, 1.82) is 0 Å². The third kappa shape index (κ3) is 4.26. The molecule has 0 radical (unpaired) electrons. The van der Waals surface area contributed by atoms with Gasteiger partial charge in [-0.2, -0.15) is 5.10 Å². The Morgan fingerprint density at radius 1 is 1.04 bits per heavy atom. The number of hydrogen-bond donors (Lipinski definition) is 2. The molecule has 0 aliphatic carbocycles. The summed E-state index contributed by atoms with van der Waals surface area (Å²) < 4.78 is 0. The van der Waals surface area contributed by atoms with Crippen LogP contribution < -0.4 is 10.7 Å². The number of nitrogens with one attached hydrogen (secondary N) is 2. The predicted octanol–water partition coefficient (Wildman–Crippen LogP) is 2.11. The van der Waals surface area contributed by atoms with Crippen LogP contribution in [0, 0.1) is 0 Å². The quantitative estimate of drug-likeness (QED) is 0.554. The van der Waals surface area contributed by atoms with Crippen LogP contribution in [-0.4, -0.2) is 29.6 Å². The van der Waals surface area contributed by atoms with Gasteiger partial charge in [0.2, 0.25) is 0 Å². The highest BCUT2D eigenvalue weighted by Gasteiger charge is 2.10. The maximum absolute atomic E-state index is 12.3. The molecule has 3 aromatic rings. The molecule has 1 heterocycles. The Labute approximate surface area is 144 Å². The van der Waals surface area contributed by atoms with E-state index in [2.05, 4.69) is 20.8 Å². The van der Waals surface area contributed by atoms with Gasteiger partial charge in [-0.25, -0.2) is 5.43 Å². The van der Waals surface area contributed by atoms with Crippen molar-refractivity contribution in [3.63, 3.8) is 0 Å². The monoisotopic (exact) mass is 332 g/mol. The van der Waals surface area contributed by atoms with Gasteiger partial charge in [0.25, 0.3) is 11.8 Å². The molecule has 6 heteroatoms. The van der Waals surface area contributed by atoms with Crippen molar-refractivity contribution in [3.05, 3.63) is 78.1 Å². The molecule has 2 N–H and O–H groups in total. The molecule has 6 nitrogen and oxygen atoms in total. The molecule has 0 saturated heterocycles. The molecule has 0 bridgehead atoms. The lowest BCUT2D eigenvalue weighted by molar-refractivity contribution is -0.120. The summed E-state index contributed by atoms with van der Waals surface area (Å²) in [6.07, 6.45) is 4.76. The second-order valence-corrected chi connectivity index (χ2v) is 5.29. The summed E-state index contributed by atoms with van der Waals surface area (Å²) in [5.74, 6) is -0.711. The van der Waals surface area contributed by atoms with Crippen LogP contribution in [0.3, 0.4) is 0 Å². The van der Waals surface area contributed by atoms with Crippen LogP contribution in [0.1, 0.15) is 15.9 Å². The normalized spacial score (nSPS) is 10.7. The number of aromatic nitrogens is 1. The number of carbonyl (C=O) groups is 2. The van der Waals surface area contributed by atoms with Crippen molar-refractivity contribution in [2.75, 3.05) is 6.54 Å². The SMILES string of the molecule is O=C(CNC(=O)c1cccc2ccccc12)N/N=C\c1cccnc1. The van der Waals surface area contributed by atoms with Gasteiger partial charge in [-0.05, 0) is 22.9 Å². The van der Waals surface area contributed by atoms with Crippen molar-refractivity contribution in [2.45, 2.75) is 0 Å². The minimum atomic E-state index is -0.409. The van der Waals surface area contributed by atoms with E-state index in [1.807, 2.05) is 42.5 Å². The lowest BCUT2D eigenvalue weighted by Crippen LogP contribution is -2.35. The number of nitrogens with zero attached hydrogens (tertiary/aromatic N) is 2. The molecular weight excluding hydrogens is 316 g/mol. The third-order valence-corrected chi connectivity index (χ3v) is 3.53. The Kier molecular flexibility index (Phi) is 5.11. The van der Waals surface area contributed by atoms with Gasteiger partial charge in [0.1, 0.15) is 0 Å². The molecule has 0 aliphatic heterocycles. The predicted molar refractivity (Wildman–Crippen MR) is 96.3 cm³/mol. The number of pyridine rings is 1. The summed E-state index contributed by atoms with van der Waals surface area (Å²) in [6, 6.07) is 16.7. The highest BCUT2D eigenvalue weighted by molar-refractivity contribution is 6.07. The van der Waals surface area contributed by atoms with Crippen molar-refractivity contribution in [1.82, 2.24) is 15.7 Å². The summed E-state index contributed by atoms with van der Waals surface area (Å²) in [5, 5.41) is 8.25. The summed E-state index contributed by atoms with van der Waals surface area (Å²) in [5.41, 5.74) is 3.66. The van der Waals surface area contributed by atoms with Crippen molar-refractivity contribution in [3.8, 4) is 0 Å². The van der Waals surface area contributed by atoms with Gasteiger partial charge < -0.3 is 5.32 Å². The van der Waals surface area contributed by atoms with Crippen LogP contribution in [0.4, 0.5) is 0 Å². The van der Waals surface area contributed by atoms with Gasteiger partial charge in [-0.15, -0.1) is 0 Å². The first-order chi connectivity index (χ1) is 12.2. The van der Waals surface area contributed by atoms with Crippen LogP contribution in [0.15, 0.2) is 72.1 Å². The molecule has 2 amide bonds. The van der Waals surface area contributed by atoms with E-state index < -0.39 is 5.91 Å². The maximum Gasteiger partial charge on any atom is 0.259 e. The fourth-order valence-electron chi connectivity index (χ4n) is 2.35. The Morgan fingerprint density at radius 2 is 1.88 bits per heavy atom. The number of carbonyl (C=O) groups excluding carboxylic acids is 2. The van der Waals surface area contributed by atoms with E-state index in [1.54, 1.807) is 24.5 Å². The fraction of sp³-hybridized carbons (Fsp3) is 0.0526. The maximum atomic E-state index is 12.3. The molecule has 124 valence electrons. The van der Waals surface area contributed by atoms with Crippen LogP contribution >= 0.6 is 0 Å². The van der Waals surface area contributed by atoms with Crippen molar-refractivity contribution < 1.29 is 9.59 Å². The number of amides is 2. The van der Waals surface area contributed by atoms with E-state index in [4.69, 9.17) is 0 Å². The standard InChI is InChI=1S/C19H16N4O2/c24-18(23-22-12-14-5-4-10-20-11-14)13-21-19(25)17-9-3-7-15-6-1-2-8-16(15)17/h1-12H,13H2,(H,21,25)(H,23,24)/b22-12-. The third-order valence-electron chi connectivity index (χ3n) is 3.53. The van der Waals surface area contributed by atoms with E-state index in [1.165, 1.54) is 6.21 Å². The molecule has 2 aromatic carbocycles. The number of benzene rings is 2. The van der Waals surface area contributed by atoms with Crippen LogP contribution in [0.25, 0.3) is 10.8 Å². The molecule has 0 saturated carbocycles. The number of hydrazone groups is 1. The summed E-state index contributed by atoms with van der Waals surface area (Å²) in [7, 11) is 0. The molecule has 1 aromatic heterocycles. The topological polar surface area (TPSA) is 83.5 Å². The Hall–Kier alpha value is -3.54. The second kappa shape index (κ2) is 7.83. The lowest BCUT2D eigenvalue weighted by Gasteiger charge is -2.07. The zero-order valence-corrected chi connectivity index (χ0v) is 13.3. The molecule has 0 aliphatic rings. The summed E-state index contributed by atoms with van der Waals surface area (Å²) in [4.78, 5) is 28.0. The number of hydrogen-bond acceptors (Lipinski definition) is 4. The molecule has 25 heavy (non-hydrogen) atoms. The zero-order valence-electron chi connectivity index (χ0n) is 13.3. The van der Waals surface area contributed by atoms with Gasteiger partial charge in [-0.1, -0.05) is 42.5 Å². The number of fused-ring (bicyclic) bond motifs is 1. The van der Waals surface area contributed by atoms with Gasteiger partial charge >= 0.3 is 0 Å². The highest BCUT2D eigenvalue weighted by atomic mass is 16.2. The molecule has 0 fully saturated rings. The van der Waals surface area contributed by atoms with Gasteiger partial charge in [0.05, 0.1) is 12.8 Å².